The predicted molar refractivity (Wildman–Crippen MR) is 76.6 cm³/mol. The Hall–Kier alpha value is -1.04. The van der Waals surface area contributed by atoms with Gasteiger partial charge >= 0.3 is 0 Å². The molecule has 1 aromatic carbocycles. The van der Waals surface area contributed by atoms with Gasteiger partial charge in [0.15, 0.2) is 0 Å². The molecular formula is C15H24F2N2O. The Kier molecular flexibility index (Phi) is 7.65. The van der Waals surface area contributed by atoms with E-state index in [1.54, 1.807) is 0 Å². The Morgan fingerprint density at radius 1 is 1.25 bits per heavy atom. The highest BCUT2D eigenvalue weighted by Crippen LogP contribution is 2.17. The highest BCUT2D eigenvalue weighted by molar-refractivity contribution is 5.21. The topological polar surface area (TPSA) is 35.5 Å². The summed E-state index contributed by atoms with van der Waals surface area (Å²) in [5, 5.41) is 12.9. The summed E-state index contributed by atoms with van der Waals surface area (Å²) in [6.45, 7) is 8.33. The summed E-state index contributed by atoms with van der Waals surface area (Å²) < 4.78 is 26.2. The first kappa shape index (κ1) is 17.0. The maximum Gasteiger partial charge on any atom is 0.131 e. The van der Waals surface area contributed by atoms with Gasteiger partial charge in [0.05, 0.1) is 6.10 Å². The normalized spacial score (nSPS) is 12.9. The van der Waals surface area contributed by atoms with E-state index in [0.717, 1.165) is 44.7 Å². The third-order valence-electron chi connectivity index (χ3n) is 3.38. The van der Waals surface area contributed by atoms with E-state index in [1.807, 2.05) is 0 Å². The van der Waals surface area contributed by atoms with Gasteiger partial charge < -0.3 is 15.3 Å². The molecule has 1 atom stereocenters. The Morgan fingerprint density at radius 2 is 1.95 bits per heavy atom. The van der Waals surface area contributed by atoms with E-state index in [2.05, 4.69) is 24.1 Å². The Labute approximate surface area is 119 Å². The van der Waals surface area contributed by atoms with Gasteiger partial charge in [-0.1, -0.05) is 19.9 Å². The predicted octanol–water partition coefficient (Wildman–Crippen LogP) is 2.32. The molecule has 1 rings (SSSR count). The molecule has 0 saturated heterocycles. The molecule has 114 valence electrons. The van der Waals surface area contributed by atoms with Crippen LogP contribution in [0.15, 0.2) is 18.2 Å². The number of hydrogen-bond acceptors (Lipinski definition) is 3. The van der Waals surface area contributed by atoms with Crippen LogP contribution < -0.4 is 5.32 Å². The van der Waals surface area contributed by atoms with Crippen LogP contribution >= 0.6 is 0 Å². The lowest BCUT2D eigenvalue weighted by Gasteiger charge is -2.18. The van der Waals surface area contributed by atoms with Gasteiger partial charge in [0.2, 0.25) is 0 Å². The lowest BCUT2D eigenvalue weighted by molar-refractivity contribution is 0.169. The van der Waals surface area contributed by atoms with Crippen molar-refractivity contribution in [2.75, 3.05) is 32.7 Å². The van der Waals surface area contributed by atoms with Gasteiger partial charge in [-0.25, -0.2) is 8.78 Å². The van der Waals surface area contributed by atoms with E-state index in [0.29, 0.717) is 0 Å². The van der Waals surface area contributed by atoms with E-state index in [9.17, 15) is 13.9 Å². The summed E-state index contributed by atoms with van der Waals surface area (Å²) in [4.78, 5) is 2.32. The van der Waals surface area contributed by atoms with Crippen molar-refractivity contribution in [3.05, 3.63) is 35.4 Å². The monoisotopic (exact) mass is 286 g/mol. The van der Waals surface area contributed by atoms with Crippen LogP contribution in [0.3, 0.4) is 0 Å². The second-order valence-electron chi connectivity index (χ2n) is 4.77. The van der Waals surface area contributed by atoms with Gasteiger partial charge in [-0.05, 0) is 38.7 Å². The summed E-state index contributed by atoms with van der Waals surface area (Å²) in [5.74, 6) is -1.34. The fraction of sp³-hybridized carbons (Fsp3) is 0.600. The summed E-state index contributed by atoms with van der Waals surface area (Å²) in [6, 6.07) is 3.23. The number of halogens is 2. The standard InChI is InChI=1S/C15H24F2N2O/c1-3-19(4-2)9-5-8-18-11-15(20)13-7-6-12(16)10-14(13)17/h6-7,10,15,18,20H,3-5,8-9,11H2,1-2H3. The summed E-state index contributed by atoms with van der Waals surface area (Å²) >= 11 is 0. The Bertz CT molecular complexity index is 397. The Morgan fingerprint density at radius 3 is 2.55 bits per heavy atom. The molecule has 1 aromatic rings. The zero-order valence-electron chi connectivity index (χ0n) is 12.2. The number of benzene rings is 1. The van der Waals surface area contributed by atoms with E-state index in [4.69, 9.17) is 0 Å². The van der Waals surface area contributed by atoms with Crippen LogP contribution in [0.4, 0.5) is 8.78 Å². The van der Waals surface area contributed by atoms with Gasteiger partial charge in [0.25, 0.3) is 0 Å². The fourth-order valence-corrected chi connectivity index (χ4v) is 2.09. The van der Waals surface area contributed by atoms with Crippen molar-refractivity contribution in [3.63, 3.8) is 0 Å². The average Bonchev–Trinajstić information content (AvgIpc) is 2.42. The third-order valence-corrected chi connectivity index (χ3v) is 3.38. The molecule has 20 heavy (non-hydrogen) atoms. The second-order valence-corrected chi connectivity index (χ2v) is 4.77. The SMILES string of the molecule is CCN(CC)CCCNCC(O)c1ccc(F)cc1F. The van der Waals surface area contributed by atoms with Crippen LogP contribution in [0, 0.1) is 11.6 Å². The van der Waals surface area contributed by atoms with Gasteiger partial charge in [-0.15, -0.1) is 0 Å². The van der Waals surface area contributed by atoms with Crippen LogP contribution in [0.2, 0.25) is 0 Å². The number of nitrogens with zero attached hydrogens (tertiary/aromatic N) is 1. The number of aliphatic hydroxyl groups excluding tert-OH is 1. The highest BCUT2D eigenvalue weighted by atomic mass is 19.1. The van der Waals surface area contributed by atoms with Crippen molar-refractivity contribution in [2.45, 2.75) is 26.4 Å². The van der Waals surface area contributed by atoms with Crippen molar-refractivity contribution in [3.8, 4) is 0 Å². The maximum absolute atomic E-state index is 13.4. The molecule has 0 radical (unpaired) electrons. The van der Waals surface area contributed by atoms with Crippen molar-refractivity contribution in [2.24, 2.45) is 0 Å². The zero-order chi connectivity index (χ0) is 15.0. The molecule has 0 aliphatic carbocycles. The molecule has 0 saturated carbocycles. The van der Waals surface area contributed by atoms with Crippen molar-refractivity contribution in [1.29, 1.82) is 0 Å². The van der Waals surface area contributed by atoms with Crippen molar-refractivity contribution >= 4 is 0 Å². The number of aliphatic hydroxyl groups is 1. The highest BCUT2D eigenvalue weighted by Gasteiger charge is 2.12. The molecule has 0 aromatic heterocycles. The lowest BCUT2D eigenvalue weighted by Crippen LogP contribution is -2.29. The van der Waals surface area contributed by atoms with Gasteiger partial charge in [-0.3, -0.25) is 0 Å². The average molecular weight is 286 g/mol. The minimum absolute atomic E-state index is 0.127. The number of hydrogen-bond donors (Lipinski definition) is 2. The summed E-state index contributed by atoms with van der Waals surface area (Å²) in [7, 11) is 0. The lowest BCUT2D eigenvalue weighted by atomic mass is 10.1. The second kappa shape index (κ2) is 9.00. The van der Waals surface area contributed by atoms with Gasteiger partial charge in [0, 0.05) is 18.2 Å². The first-order valence-electron chi connectivity index (χ1n) is 7.14. The van der Waals surface area contributed by atoms with Crippen molar-refractivity contribution in [1.82, 2.24) is 10.2 Å². The minimum Gasteiger partial charge on any atom is -0.387 e. The molecule has 0 bridgehead atoms. The quantitative estimate of drug-likeness (QED) is 0.684. The fourth-order valence-electron chi connectivity index (χ4n) is 2.09. The molecule has 0 spiro atoms. The van der Waals surface area contributed by atoms with Crippen LogP contribution in [0.1, 0.15) is 31.9 Å². The molecule has 2 N–H and O–H groups in total. The molecule has 5 heteroatoms. The summed E-state index contributed by atoms with van der Waals surface area (Å²) in [5.41, 5.74) is 0.127. The minimum atomic E-state index is -0.955. The Balaban J connectivity index is 2.28. The smallest absolute Gasteiger partial charge is 0.131 e. The molecule has 0 amide bonds. The first-order chi connectivity index (χ1) is 9.58. The van der Waals surface area contributed by atoms with Crippen LogP contribution in [0.5, 0.6) is 0 Å². The molecule has 0 heterocycles. The molecule has 0 aliphatic heterocycles. The van der Waals surface area contributed by atoms with Crippen LogP contribution in [-0.2, 0) is 0 Å². The summed E-state index contributed by atoms with van der Waals surface area (Å²) in [6.07, 6.45) is 0.0179. The molecular weight excluding hydrogens is 262 g/mol. The number of nitrogens with one attached hydrogen (secondary N) is 1. The van der Waals surface area contributed by atoms with E-state index in [1.165, 1.54) is 6.07 Å². The largest absolute Gasteiger partial charge is 0.387 e. The molecule has 0 aliphatic rings. The van der Waals surface area contributed by atoms with Crippen molar-refractivity contribution < 1.29 is 13.9 Å². The number of rotatable bonds is 9. The van der Waals surface area contributed by atoms with Crippen LogP contribution in [-0.4, -0.2) is 42.7 Å². The van der Waals surface area contributed by atoms with E-state index >= 15 is 0 Å². The zero-order valence-corrected chi connectivity index (χ0v) is 12.2. The maximum atomic E-state index is 13.4. The van der Waals surface area contributed by atoms with E-state index < -0.39 is 17.7 Å². The molecule has 0 fully saturated rings. The van der Waals surface area contributed by atoms with Gasteiger partial charge in [0.1, 0.15) is 11.6 Å². The molecule has 3 nitrogen and oxygen atoms in total. The third kappa shape index (κ3) is 5.53. The first-order valence-corrected chi connectivity index (χ1v) is 7.14. The van der Waals surface area contributed by atoms with Crippen LogP contribution in [0.25, 0.3) is 0 Å². The van der Waals surface area contributed by atoms with E-state index in [-0.39, 0.29) is 12.1 Å². The van der Waals surface area contributed by atoms with Gasteiger partial charge in [-0.2, -0.15) is 0 Å². The molecule has 1 unspecified atom stereocenters.